The molecule has 0 saturated carbocycles. The van der Waals surface area contributed by atoms with E-state index in [1.54, 1.807) is 0 Å². The van der Waals surface area contributed by atoms with Gasteiger partial charge in [0, 0.05) is 48.0 Å². The van der Waals surface area contributed by atoms with E-state index in [1.807, 2.05) is 23.5 Å². The summed E-state index contributed by atoms with van der Waals surface area (Å²) in [6.07, 6.45) is 0. The summed E-state index contributed by atoms with van der Waals surface area (Å²) >= 11 is 1.86. The first-order chi connectivity index (χ1) is 30.2. The normalized spacial score (nSPS) is 11.6. The smallest absolute Gasteiger partial charge is 0.136 e. The van der Waals surface area contributed by atoms with Gasteiger partial charge in [0.1, 0.15) is 11.2 Å². The predicted octanol–water partition coefficient (Wildman–Crippen LogP) is 17.2. The molecule has 0 fully saturated rings. The maximum atomic E-state index is 6.26. The number of hydrogen-bond donors (Lipinski definition) is 0. The van der Waals surface area contributed by atoms with Gasteiger partial charge in [-0.2, -0.15) is 0 Å². The van der Waals surface area contributed by atoms with Gasteiger partial charge in [0.15, 0.2) is 0 Å². The summed E-state index contributed by atoms with van der Waals surface area (Å²) in [4.78, 5) is 2.37. The largest absolute Gasteiger partial charge is 0.456 e. The van der Waals surface area contributed by atoms with Crippen molar-refractivity contribution in [3.63, 3.8) is 0 Å². The number of rotatable bonds is 7. The zero-order valence-corrected chi connectivity index (χ0v) is 33.9. The number of furan rings is 1. The summed E-state index contributed by atoms with van der Waals surface area (Å²) < 4.78 is 8.90. The highest BCUT2D eigenvalue weighted by molar-refractivity contribution is 7.25. The van der Waals surface area contributed by atoms with Crippen molar-refractivity contribution in [3.05, 3.63) is 224 Å². The minimum absolute atomic E-state index is 0.900. The number of benzene rings is 10. The number of thiophene rings is 1. The molecule has 3 heteroatoms. The Kier molecular flexibility index (Phi) is 8.39. The lowest BCUT2D eigenvalue weighted by atomic mass is 9.95. The van der Waals surface area contributed by atoms with Gasteiger partial charge in [-0.05, 0) is 128 Å². The molecule has 12 aromatic rings. The zero-order chi connectivity index (χ0) is 40.3. The first-order valence-corrected chi connectivity index (χ1v) is 21.5. The summed E-state index contributed by atoms with van der Waals surface area (Å²) in [6.45, 7) is 0. The van der Waals surface area contributed by atoms with E-state index in [-0.39, 0.29) is 0 Å². The second kappa shape index (κ2) is 14.5. The van der Waals surface area contributed by atoms with Crippen LogP contribution in [-0.4, -0.2) is 0 Å². The molecule has 61 heavy (non-hydrogen) atoms. The number of anilines is 3. The Hall–Kier alpha value is -7.72. The first-order valence-electron chi connectivity index (χ1n) is 20.7. The lowest BCUT2D eigenvalue weighted by molar-refractivity contribution is 0.669. The van der Waals surface area contributed by atoms with E-state index in [4.69, 9.17) is 4.42 Å². The minimum Gasteiger partial charge on any atom is -0.456 e. The third kappa shape index (κ3) is 6.18. The molecule has 2 aromatic heterocycles. The molecule has 0 unspecified atom stereocenters. The topological polar surface area (TPSA) is 16.4 Å². The summed E-state index contributed by atoms with van der Waals surface area (Å²) in [6, 6.07) is 81.3. The van der Waals surface area contributed by atoms with E-state index in [9.17, 15) is 0 Å². The van der Waals surface area contributed by atoms with Crippen LogP contribution in [0.15, 0.2) is 229 Å². The van der Waals surface area contributed by atoms with Crippen molar-refractivity contribution in [2.75, 3.05) is 4.90 Å². The van der Waals surface area contributed by atoms with Gasteiger partial charge in [-0.25, -0.2) is 0 Å². The maximum Gasteiger partial charge on any atom is 0.136 e. The summed E-state index contributed by atoms with van der Waals surface area (Å²) in [5.41, 5.74) is 14.5. The van der Waals surface area contributed by atoms with Crippen LogP contribution in [0.3, 0.4) is 0 Å². The molecule has 0 bridgehead atoms. The van der Waals surface area contributed by atoms with Crippen LogP contribution in [0, 0.1) is 0 Å². The van der Waals surface area contributed by atoms with Gasteiger partial charge in [-0.15, -0.1) is 11.3 Å². The molecule has 0 aliphatic carbocycles. The molecule has 286 valence electrons. The zero-order valence-electron chi connectivity index (χ0n) is 33.1. The molecule has 0 aliphatic heterocycles. The fourth-order valence-electron chi connectivity index (χ4n) is 9.13. The van der Waals surface area contributed by atoms with E-state index in [0.29, 0.717) is 0 Å². The highest BCUT2D eigenvalue weighted by Crippen LogP contribution is 2.42. The Bertz CT molecular complexity index is 3590. The molecule has 0 saturated heterocycles. The summed E-state index contributed by atoms with van der Waals surface area (Å²) in [5, 5.41) is 7.40. The number of para-hydroxylation sites is 1. The van der Waals surface area contributed by atoms with Gasteiger partial charge in [-0.1, -0.05) is 152 Å². The van der Waals surface area contributed by atoms with E-state index in [0.717, 1.165) is 55.7 Å². The molecule has 0 amide bonds. The van der Waals surface area contributed by atoms with Crippen LogP contribution >= 0.6 is 11.3 Å². The SMILES string of the molecule is c1cc(-c2cccc(N(c3ccc(-c4ccc5sc6ccccc6c5c4)cc3)c3ccc(-c4cccc5oc6ccccc6c45)cc3)c2)cc(-c2cccc3ccccc23)c1. The van der Waals surface area contributed by atoms with Gasteiger partial charge >= 0.3 is 0 Å². The lowest BCUT2D eigenvalue weighted by Crippen LogP contribution is -2.10. The van der Waals surface area contributed by atoms with Crippen molar-refractivity contribution < 1.29 is 4.42 Å². The van der Waals surface area contributed by atoms with E-state index in [1.165, 1.54) is 58.8 Å². The van der Waals surface area contributed by atoms with Crippen LogP contribution in [0.2, 0.25) is 0 Å². The second-order valence-electron chi connectivity index (χ2n) is 15.7. The minimum atomic E-state index is 0.900. The predicted molar refractivity (Wildman–Crippen MR) is 261 cm³/mol. The molecule has 2 nitrogen and oxygen atoms in total. The van der Waals surface area contributed by atoms with Crippen LogP contribution in [0.1, 0.15) is 0 Å². The Morgan fingerprint density at radius 2 is 0.885 bits per heavy atom. The maximum absolute atomic E-state index is 6.26. The number of hydrogen-bond acceptors (Lipinski definition) is 3. The van der Waals surface area contributed by atoms with Crippen LogP contribution in [-0.2, 0) is 0 Å². The molecule has 0 spiro atoms. The third-order valence-electron chi connectivity index (χ3n) is 12.1. The summed E-state index contributed by atoms with van der Waals surface area (Å²) in [7, 11) is 0. The average Bonchev–Trinajstić information content (AvgIpc) is 3.90. The molecule has 0 aliphatic rings. The van der Waals surface area contributed by atoms with Gasteiger partial charge in [0.25, 0.3) is 0 Å². The molecular formula is C58H37NOS. The molecule has 12 rings (SSSR count). The van der Waals surface area contributed by atoms with Crippen LogP contribution in [0.4, 0.5) is 17.1 Å². The van der Waals surface area contributed by atoms with E-state index >= 15 is 0 Å². The second-order valence-corrected chi connectivity index (χ2v) is 16.8. The van der Waals surface area contributed by atoms with Crippen molar-refractivity contribution >= 4 is 81.3 Å². The molecule has 0 radical (unpaired) electrons. The molecule has 10 aromatic carbocycles. The fourth-order valence-corrected chi connectivity index (χ4v) is 10.2. The van der Waals surface area contributed by atoms with Crippen LogP contribution < -0.4 is 4.90 Å². The molecule has 0 N–H and O–H groups in total. The van der Waals surface area contributed by atoms with Crippen molar-refractivity contribution in [3.8, 4) is 44.5 Å². The summed E-state index contributed by atoms with van der Waals surface area (Å²) in [5.74, 6) is 0. The molecule has 0 atom stereocenters. The molecule has 2 heterocycles. The lowest BCUT2D eigenvalue weighted by Gasteiger charge is -2.26. The van der Waals surface area contributed by atoms with Crippen LogP contribution in [0.25, 0.3) is 97.4 Å². The Morgan fingerprint density at radius 1 is 0.311 bits per heavy atom. The standard InChI is InChI=1S/C58H37NOS/c1-2-17-48-39(11-1)12-9-20-49(48)44-15-7-13-41(35-44)42-14-8-16-47(36-42)59(45-30-25-38(26-31-45)43-29-34-57-53(37-43)51-18-4-6-24-56(51)61-57)46-32-27-40(28-33-46)50-21-10-23-55-58(50)52-19-3-5-22-54(52)60-55/h1-37H. The van der Waals surface area contributed by atoms with E-state index < -0.39 is 0 Å². The Morgan fingerprint density at radius 3 is 1.74 bits per heavy atom. The first kappa shape index (κ1) is 35.2. The quantitative estimate of drug-likeness (QED) is 0.160. The number of fused-ring (bicyclic) bond motifs is 7. The van der Waals surface area contributed by atoms with Crippen molar-refractivity contribution in [1.82, 2.24) is 0 Å². The van der Waals surface area contributed by atoms with Gasteiger partial charge in [0.05, 0.1) is 0 Å². The highest BCUT2D eigenvalue weighted by atomic mass is 32.1. The van der Waals surface area contributed by atoms with Crippen LogP contribution in [0.5, 0.6) is 0 Å². The third-order valence-corrected chi connectivity index (χ3v) is 13.2. The highest BCUT2D eigenvalue weighted by Gasteiger charge is 2.17. The Labute approximate surface area is 357 Å². The van der Waals surface area contributed by atoms with Gasteiger partial charge in [-0.3, -0.25) is 0 Å². The van der Waals surface area contributed by atoms with Crippen molar-refractivity contribution in [1.29, 1.82) is 0 Å². The molecular weight excluding hydrogens is 759 g/mol. The van der Waals surface area contributed by atoms with Crippen molar-refractivity contribution in [2.45, 2.75) is 0 Å². The average molecular weight is 796 g/mol. The van der Waals surface area contributed by atoms with Gasteiger partial charge < -0.3 is 9.32 Å². The van der Waals surface area contributed by atoms with E-state index in [2.05, 4.69) is 217 Å². The monoisotopic (exact) mass is 795 g/mol. The fraction of sp³-hybridized carbons (Fsp3) is 0. The van der Waals surface area contributed by atoms with Crippen molar-refractivity contribution in [2.24, 2.45) is 0 Å². The number of nitrogens with zero attached hydrogens (tertiary/aromatic N) is 1. The Balaban J connectivity index is 0.955. The van der Waals surface area contributed by atoms with Gasteiger partial charge in [0.2, 0.25) is 0 Å².